The predicted molar refractivity (Wildman–Crippen MR) is 93.8 cm³/mol. The predicted octanol–water partition coefficient (Wildman–Crippen LogP) is 4.14. The monoisotopic (exact) mass is 379 g/mol. The maximum atomic E-state index is 13.3. The average molecular weight is 379 g/mol. The first-order chi connectivity index (χ1) is 12.7. The Labute approximate surface area is 152 Å². The molecule has 9 heteroatoms. The molecule has 1 heterocycles. The van der Waals surface area contributed by atoms with Crippen LogP contribution < -0.4 is 14.4 Å². The molecule has 0 amide bonds. The van der Waals surface area contributed by atoms with Crippen molar-refractivity contribution in [1.82, 2.24) is 9.97 Å². The van der Waals surface area contributed by atoms with Gasteiger partial charge < -0.3 is 19.5 Å². The first-order valence-corrected chi connectivity index (χ1v) is 7.78. The molecule has 0 aliphatic heterocycles. The number of benzene rings is 2. The van der Waals surface area contributed by atoms with E-state index in [-0.39, 0.29) is 28.2 Å². The highest BCUT2D eigenvalue weighted by molar-refractivity contribution is 5.93. The minimum absolute atomic E-state index is 0.00216. The summed E-state index contributed by atoms with van der Waals surface area (Å²) < 4.78 is 49.9. The Morgan fingerprint density at radius 3 is 2.22 bits per heavy atom. The molecule has 0 fully saturated rings. The van der Waals surface area contributed by atoms with Crippen LogP contribution in [0.5, 0.6) is 17.2 Å². The van der Waals surface area contributed by atoms with Gasteiger partial charge in [-0.2, -0.15) is 13.2 Å². The van der Waals surface area contributed by atoms with Crippen molar-refractivity contribution in [1.29, 1.82) is 0 Å². The highest BCUT2D eigenvalue weighted by Crippen LogP contribution is 2.38. The first kappa shape index (κ1) is 18.6. The molecule has 3 rings (SSSR count). The van der Waals surface area contributed by atoms with Gasteiger partial charge in [-0.15, -0.1) is 0 Å². The molecule has 0 aliphatic rings. The van der Waals surface area contributed by atoms with Crippen LogP contribution in [0.15, 0.2) is 36.4 Å². The first-order valence-electron chi connectivity index (χ1n) is 7.78. The van der Waals surface area contributed by atoms with Crippen molar-refractivity contribution < 1.29 is 27.8 Å². The van der Waals surface area contributed by atoms with E-state index in [1.807, 2.05) is 0 Å². The van der Waals surface area contributed by atoms with Crippen LogP contribution in [0.25, 0.3) is 10.9 Å². The molecule has 6 nitrogen and oxygen atoms in total. The summed E-state index contributed by atoms with van der Waals surface area (Å²) in [6.45, 7) is 0. The van der Waals surface area contributed by atoms with Crippen molar-refractivity contribution in [2.45, 2.75) is 6.18 Å². The number of halogens is 3. The molecule has 3 aromatic rings. The van der Waals surface area contributed by atoms with Gasteiger partial charge in [0, 0.05) is 24.2 Å². The van der Waals surface area contributed by atoms with Crippen LogP contribution in [0, 0.1) is 0 Å². The average Bonchev–Trinajstić information content (AvgIpc) is 2.65. The highest BCUT2D eigenvalue weighted by atomic mass is 19.4. The molecule has 0 unspecified atom stereocenters. The Hall–Kier alpha value is -3.23. The number of fused-ring (bicyclic) bond motifs is 1. The topological polar surface area (TPSA) is 67.7 Å². The lowest BCUT2D eigenvalue weighted by Gasteiger charge is -2.22. The van der Waals surface area contributed by atoms with Crippen LogP contribution >= 0.6 is 0 Å². The Bertz CT molecular complexity index is 975. The molecular weight excluding hydrogens is 363 g/mol. The van der Waals surface area contributed by atoms with Crippen LogP contribution in [0.1, 0.15) is 5.82 Å². The number of hydrogen-bond acceptors (Lipinski definition) is 6. The van der Waals surface area contributed by atoms with Gasteiger partial charge in [0.2, 0.25) is 5.82 Å². The van der Waals surface area contributed by atoms with Crippen LogP contribution in [0.2, 0.25) is 0 Å². The molecule has 0 saturated carbocycles. The molecule has 0 aliphatic carbocycles. The van der Waals surface area contributed by atoms with E-state index in [9.17, 15) is 18.3 Å². The van der Waals surface area contributed by atoms with Gasteiger partial charge in [0.25, 0.3) is 0 Å². The van der Waals surface area contributed by atoms with E-state index in [0.717, 1.165) is 0 Å². The maximum absolute atomic E-state index is 13.3. The zero-order chi connectivity index (χ0) is 19.8. The van der Waals surface area contributed by atoms with Gasteiger partial charge in [-0.05, 0) is 30.3 Å². The van der Waals surface area contributed by atoms with Crippen LogP contribution in [0.3, 0.4) is 0 Å². The fraction of sp³-hybridized carbons (Fsp3) is 0.222. The molecule has 0 atom stereocenters. The molecule has 2 aromatic carbocycles. The summed E-state index contributed by atoms with van der Waals surface area (Å²) >= 11 is 0. The normalized spacial score (nSPS) is 11.5. The number of nitrogens with zero attached hydrogens (tertiary/aromatic N) is 3. The number of rotatable bonds is 4. The minimum Gasteiger partial charge on any atom is -0.504 e. The van der Waals surface area contributed by atoms with Gasteiger partial charge >= 0.3 is 6.18 Å². The summed E-state index contributed by atoms with van der Waals surface area (Å²) in [6.07, 6.45) is -4.73. The number of ether oxygens (including phenoxy) is 2. The molecule has 0 bridgehead atoms. The quantitative estimate of drug-likeness (QED) is 0.735. The summed E-state index contributed by atoms with van der Waals surface area (Å²) in [7, 11) is 4.39. The van der Waals surface area contributed by atoms with Crippen molar-refractivity contribution in [3.05, 3.63) is 42.2 Å². The maximum Gasteiger partial charge on any atom is 0.451 e. The summed E-state index contributed by atoms with van der Waals surface area (Å²) in [6, 6.07) is 9.25. The third-order valence-corrected chi connectivity index (χ3v) is 4.01. The second-order valence-electron chi connectivity index (χ2n) is 5.67. The molecular formula is C18H16F3N3O3. The van der Waals surface area contributed by atoms with Crippen LogP contribution in [-0.4, -0.2) is 36.3 Å². The van der Waals surface area contributed by atoms with Gasteiger partial charge in [0.05, 0.1) is 19.7 Å². The number of anilines is 2. The molecule has 0 saturated heterocycles. The van der Waals surface area contributed by atoms with Gasteiger partial charge in [-0.1, -0.05) is 0 Å². The second kappa shape index (κ2) is 6.82. The third kappa shape index (κ3) is 3.53. The number of phenols is 1. The lowest BCUT2D eigenvalue weighted by molar-refractivity contribution is -0.144. The molecule has 142 valence electrons. The van der Waals surface area contributed by atoms with Gasteiger partial charge in [-0.3, -0.25) is 0 Å². The van der Waals surface area contributed by atoms with Gasteiger partial charge in [-0.25, -0.2) is 9.97 Å². The molecule has 0 radical (unpaired) electrons. The third-order valence-electron chi connectivity index (χ3n) is 4.01. The number of hydrogen-bond donors (Lipinski definition) is 1. The van der Waals surface area contributed by atoms with Crippen molar-refractivity contribution in [2.24, 2.45) is 0 Å². The standard InChI is InChI=1S/C18H16F3N3O3/c1-24(10-4-6-11(26-2)7-5-10)16-12-8-14(25)15(27-3)9-13(12)22-17(23-16)18(19,20)21/h4-9,25H,1-3H3. The summed E-state index contributed by atoms with van der Waals surface area (Å²) in [5.41, 5.74) is 0.585. The Morgan fingerprint density at radius 1 is 1.00 bits per heavy atom. The Morgan fingerprint density at radius 2 is 1.67 bits per heavy atom. The van der Waals surface area contributed by atoms with Crippen LogP contribution in [0.4, 0.5) is 24.7 Å². The number of alkyl halides is 3. The van der Waals surface area contributed by atoms with E-state index in [2.05, 4.69) is 9.97 Å². The zero-order valence-corrected chi connectivity index (χ0v) is 14.7. The number of aromatic hydroxyl groups is 1. The SMILES string of the molecule is COc1ccc(N(C)c2nc(C(F)(F)F)nc3cc(OC)c(O)cc23)cc1. The Balaban J connectivity index is 2.23. The number of aromatic nitrogens is 2. The van der Waals surface area contributed by atoms with E-state index in [1.165, 1.54) is 31.3 Å². The largest absolute Gasteiger partial charge is 0.504 e. The van der Waals surface area contributed by atoms with E-state index < -0.39 is 12.0 Å². The van der Waals surface area contributed by atoms with Crippen molar-refractivity contribution in [3.8, 4) is 17.2 Å². The second-order valence-corrected chi connectivity index (χ2v) is 5.67. The smallest absolute Gasteiger partial charge is 0.451 e. The lowest BCUT2D eigenvalue weighted by Crippen LogP contribution is -2.17. The Kier molecular flexibility index (Phi) is 4.69. The summed E-state index contributed by atoms with van der Waals surface area (Å²) in [5, 5.41) is 10.3. The van der Waals surface area contributed by atoms with Crippen LogP contribution in [-0.2, 0) is 6.18 Å². The van der Waals surface area contributed by atoms with Crippen molar-refractivity contribution in [2.75, 3.05) is 26.2 Å². The molecule has 1 N–H and O–H groups in total. The van der Waals surface area contributed by atoms with Crippen molar-refractivity contribution in [3.63, 3.8) is 0 Å². The number of methoxy groups -OCH3 is 2. The summed E-state index contributed by atoms with van der Waals surface area (Å²) in [5.74, 6) is -0.878. The summed E-state index contributed by atoms with van der Waals surface area (Å²) in [4.78, 5) is 8.76. The fourth-order valence-corrected chi connectivity index (χ4v) is 2.60. The minimum atomic E-state index is -4.73. The highest BCUT2D eigenvalue weighted by Gasteiger charge is 2.36. The van der Waals surface area contributed by atoms with E-state index in [1.54, 1.807) is 31.3 Å². The van der Waals surface area contributed by atoms with Gasteiger partial charge in [0.1, 0.15) is 11.6 Å². The number of phenolic OH excluding ortho intramolecular Hbond substituents is 1. The van der Waals surface area contributed by atoms with E-state index >= 15 is 0 Å². The van der Waals surface area contributed by atoms with E-state index in [4.69, 9.17) is 9.47 Å². The zero-order valence-electron chi connectivity index (χ0n) is 14.7. The van der Waals surface area contributed by atoms with Crippen molar-refractivity contribution >= 4 is 22.4 Å². The fourth-order valence-electron chi connectivity index (χ4n) is 2.60. The molecule has 1 aromatic heterocycles. The van der Waals surface area contributed by atoms with E-state index in [0.29, 0.717) is 11.4 Å². The lowest BCUT2D eigenvalue weighted by atomic mass is 10.2. The molecule has 27 heavy (non-hydrogen) atoms. The van der Waals surface area contributed by atoms with Gasteiger partial charge in [0.15, 0.2) is 11.5 Å². The molecule has 0 spiro atoms.